The zero-order valence-corrected chi connectivity index (χ0v) is 10.7. The first-order valence-corrected chi connectivity index (χ1v) is 6.17. The summed E-state index contributed by atoms with van der Waals surface area (Å²) in [5.74, 6) is 0. The summed E-state index contributed by atoms with van der Waals surface area (Å²) < 4.78 is 0. The molecule has 0 aromatic heterocycles. The number of benzene rings is 1. The molecule has 0 radical (unpaired) electrons. The molecule has 0 atom stereocenters. The third-order valence-electron chi connectivity index (χ3n) is 3.44. The maximum absolute atomic E-state index is 10.9. The van der Waals surface area contributed by atoms with Crippen LogP contribution in [0, 0.1) is 17.0 Å². The summed E-state index contributed by atoms with van der Waals surface area (Å²) in [7, 11) is 0. The van der Waals surface area contributed by atoms with Crippen molar-refractivity contribution in [3.05, 3.63) is 33.9 Å². The summed E-state index contributed by atoms with van der Waals surface area (Å²) in [6, 6.07) is 5.21. The van der Waals surface area contributed by atoms with E-state index in [-0.39, 0.29) is 10.6 Å². The van der Waals surface area contributed by atoms with Crippen molar-refractivity contribution in [1.82, 2.24) is 0 Å². The van der Waals surface area contributed by atoms with E-state index in [0.29, 0.717) is 18.7 Å². The number of nitro groups is 1. The smallest absolute Gasteiger partial charge is 0.274 e. The van der Waals surface area contributed by atoms with Crippen LogP contribution in [0.1, 0.15) is 25.3 Å². The molecule has 1 heterocycles. The van der Waals surface area contributed by atoms with Crippen molar-refractivity contribution in [2.45, 2.75) is 32.3 Å². The first kappa shape index (κ1) is 12.8. The van der Waals surface area contributed by atoms with Gasteiger partial charge in [-0.1, -0.05) is 19.4 Å². The second-order valence-electron chi connectivity index (χ2n) is 5.06. The first-order chi connectivity index (χ1) is 8.45. The van der Waals surface area contributed by atoms with E-state index < -0.39 is 5.60 Å². The molecule has 0 amide bonds. The molecular weight excluding hydrogens is 232 g/mol. The maximum atomic E-state index is 10.9. The Morgan fingerprint density at radius 1 is 1.50 bits per heavy atom. The minimum atomic E-state index is -0.617. The lowest BCUT2D eigenvalue weighted by atomic mass is 9.88. The molecule has 1 saturated heterocycles. The number of nitro benzene ring substituents is 1. The molecule has 0 bridgehead atoms. The predicted molar refractivity (Wildman–Crippen MR) is 69.9 cm³/mol. The summed E-state index contributed by atoms with van der Waals surface area (Å²) >= 11 is 0. The SMILES string of the molecule is CCCC1(O)CN(c2ccc(C)c([N+](=O)[O-])c2)C1. The third-order valence-corrected chi connectivity index (χ3v) is 3.44. The van der Waals surface area contributed by atoms with E-state index in [1.165, 1.54) is 0 Å². The third kappa shape index (κ3) is 2.31. The average Bonchev–Trinajstić information content (AvgIpc) is 2.26. The van der Waals surface area contributed by atoms with Gasteiger partial charge in [0.05, 0.1) is 10.5 Å². The van der Waals surface area contributed by atoms with Crippen LogP contribution in [-0.4, -0.2) is 28.7 Å². The molecular formula is C13H18N2O3. The summed E-state index contributed by atoms with van der Waals surface area (Å²) in [6.07, 6.45) is 1.72. The van der Waals surface area contributed by atoms with Gasteiger partial charge in [0, 0.05) is 30.4 Å². The number of nitrogens with zero attached hydrogens (tertiary/aromatic N) is 2. The standard InChI is InChI=1S/C13H18N2O3/c1-3-6-13(16)8-14(9-13)11-5-4-10(2)12(7-11)15(17)18/h4-5,7,16H,3,6,8-9H2,1-2H3. The van der Waals surface area contributed by atoms with Gasteiger partial charge in [-0.25, -0.2) is 0 Å². The Balaban J connectivity index is 2.13. The monoisotopic (exact) mass is 250 g/mol. The minimum Gasteiger partial charge on any atom is -0.386 e. The van der Waals surface area contributed by atoms with E-state index in [2.05, 4.69) is 0 Å². The molecule has 2 rings (SSSR count). The summed E-state index contributed by atoms with van der Waals surface area (Å²) in [6.45, 7) is 4.88. The van der Waals surface area contributed by atoms with Gasteiger partial charge < -0.3 is 10.0 Å². The van der Waals surface area contributed by atoms with E-state index in [1.54, 1.807) is 19.1 Å². The molecule has 5 heteroatoms. The van der Waals surface area contributed by atoms with Crippen molar-refractivity contribution in [2.24, 2.45) is 0 Å². The lowest BCUT2D eigenvalue weighted by Gasteiger charge is -2.48. The van der Waals surface area contributed by atoms with Gasteiger partial charge in [-0.15, -0.1) is 0 Å². The quantitative estimate of drug-likeness (QED) is 0.657. The lowest BCUT2D eigenvalue weighted by molar-refractivity contribution is -0.385. The van der Waals surface area contributed by atoms with E-state index in [0.717, 1.165) is 18.5 Å². The predicted octanol–water partition coefficient (Wildman–Crippen LogP) is 2.25. The molecule has 1 aromatic rings. The molecule has 1 aromatic carbocycles. The topological polar surface area (TPSA) is 66.6 Å². The van der Waals surface area contributed by atoms with Crippen LogP contribution < -0.4 is 4.90 Å². The summed E-state index contributed by atoms with van der Waals surface area (Å²) in [4.78, 5) is 12.5. The lowest BCUT2D eigenvalue weighted by Crippen LogP contribution is -2.61. The molecule has 0 aliphatic carbocycles. The number of aryl methyl sites for hydroxylation is 1. The van der Waals surface area contributed by atoms with Crippen LogP contribution in [0.2, 0.25) is 0 Å². The van der Waals surface area contributed by atoms with Crippen LogP contribution in [0.15, 0.2) is 18.2 Å². The number of hydrogen-bond acceptors (Lipinski definition) is 4. The fourth-order valence-corrected chi connectivity index (χ4v) is 2.46. The molecule has 0 saturated carbocycles. The van der Waals surface area contributed by atoms with Gasteiger partial charge in [0.25, 0.3) is 5.69 Å². The van der Waals surface area contributed by atoms with Gasteiger partial charge in [0.15, 0.2) is 0 Å². The van der Waals surface area contributed by atoms with Crippen molar-refractivity contribution in [3.63, 3.8) is 0 Å². The number of hydrogen-bond donors (Lipinski definition) is 1. The molecule has 0 spiro atoms. The molecule has 0 unspecified atom stereocenters. The molecule has 5 nitrogen and oxygen atoms in total. The van der Waals surface area contributed by atoms with E-state index in [1.807, 2.05) is 17.9 Å². The minimum absolute atomic E-state index is 0.137. The Bertz CT molecular complexity index is 467. The zero-order chi connectivity index (χ0) is 13.3. The molecule has 1 aliphatic rings. The molecule has 18 heavy (non-hydrogen) atoms. The number of β-amino-alcohol motifs (C(OH)–C–C–N with tert-alkyl or cyclic N) is 1. The molecule has 1 fully saturated rings. The van der Waals surface area contributed by atoms with Gasteiger partial charge in [0.2, 0.25) is 0 Å². The Labute approximate surface area is 106 Å². The molecule has 98 valence electrons. The van der Waals surface area contributed by atoms with Gasteiger partial charge in [0.1, 0.15) is 0 Å². The normalized spacial score (nSPS) is 17.4. The number of aliphatic hydroxyl groups is 1. The summed E-state index contributed by atoms with van der Waals surface area (Å²) in [5.41, 5.74) is 0.994. The van der Waals surface area contributed by atoms with Gasteiger partial charge in [-0.3, -0.25) is 10.1 Å². The highest BCUT2D eigenvalue weighted by Gasteiger charge is 2.40. The fourth-order valence-electron chi connectivity index (χ4n) is 2.46. The molecule has 1 aliphatic heterocycles. The Morgan fingerprint density at radius 3 is 2.72 bits per heavy atom. The van der Waals surface area contributed by atoms with E-state index >= 15 is 0 Å². The summed E-state index contributed by atoms with van der Waals surface area (Å²) in [5, 5.41) is 21.0. The van der Waals surface area contributed by atoms with Crippen LogP contribution >= 0.6 is 0 Å². The maximum Gasteiger partial charge on any atom is 0.274 e. The van der Waals surface area contributed by atoms with Crippen molar-refractivity contribution in [2.75, 3.05) is 18.0 Å². The Kier molecular flexibility index (Phi) is 3.26. The highest BCUT2D eigenvalue weighted by Crippen LogP contribution is 2.33. The van der Waals surface area contributed by atoms with Crippen molar-refractivity contribution in [1.29, 1.82) is 0 Å². The van der Waals surface area contributed by atoms with Crippen molar-refractivity contribution in [3.8, 4) is 0 Å². The van der Waals surface area contributed by atoms with Gasteiger partial charge >= 0.3 is 0 Å². The second-order valence-corrected chi connectivity index (χ2v) is 5.06. The first-order valence-electron chi connectivity index (χ1n) is 6.17. The highest BCUT2D eigenvalue weighted by atomic mass is 16.6. The van der Waals surface area contributed by atoms with Gasteiger partial charge in [-0.05, 0) is 19.4 Å². The average molecular weight is 250 g/mol. The highest BCUT2D eigenvalue weighted by molar-refractivity contribution is 5.58. The zero-order valence-electron chi connectivity index (χ0n) is 10.7. The van der Waals surface area contributed by atoms with Crippen LogP contribution in [0.3, 0.4) is 0 Å². The number of rotatable bonds is 4. The molecule has 1 N–H and O–H groups in total. The van der Waals surface area contributed by atoms with Crippen molar-refractivity contribution < 1.29 is 10.0 Å². The van der Waals surface area contributed by atoms with Crippen LogP contribution in [0.25, 0.3) is 0 Å². The van der Waals surface area contributed by atoms with Crippen LogP contribution in [0.5, 0.6) is 0 Å². The van der Waals surface area contributed by atoms with Crippen LogP contribution in [0.4, 0.5) is 11.4 Å². The Hall–Kier alpha value is -1.62. The van der Waals surface area contributed by atoms with Crippen LogP contribution in [-0.2, 0) is 0 Å². The fraction of sp³-hybridized carbons (Fsp3) is 0.538. The largest absolute Gasteiger partial charge is 0.386 e. The van der Waals surface area contributed by atoms with Gasteiger partial charge in [-0.2, -0.15) is 0 Å². The number of anilines is 1. The Morgan fingerprint density at radius 2 is 2.17 bits per heavy atom. The second kappa shape index (κ2) is 4.57. The van der Waals surface area contributed by atoms with Crippen molar-refractivity contribution >= 4 is 11.4 Å². The van der Waals surface area contributed by atoms with E-state index in [4.69, 9.17) is 0 Å². The van der Waals surface area contributed by atoms with E-state index in [9.17, 15) is 15.2 Å².